The van der Waals surface area contributed by atoms with E-state index < -0.39 is 6.09 Å². The summed E-state index contributed by atoms with van der Waals surface area (Å²) in [5.74, 6) is 0.286. The van der Waals surface area contributed by atoms with Crippen molar-refractivity contribution in [3.05, 3.63) is 17.7 Å². The van der Waals surface area contributed by atoms with E-state index in [2.05, 4.69) is 22.2 Å². The molecule has 0 bridgehead atoms. The van der Waals surface area contributed by atoms with Crippen molar-refractivity contribution >= 4 is 12.0 Å². The van der Waals surface area contributed by atoms with E-state index in [1.165, 1.54) is 26.4 Å². The number of amides is 2. The van der Waals surface area contributed by atoms with E-state index in [1.54, 1.807) is 0 Å². The van der Waals surface area contributed by atoms with E-state index in [-0.39, 0.29) is 28.7 Å². The molecule has 0 atom stereocenters. The summed E-state index contributed by atoms with van der Waals surface area (Å²) in [5, 5.41) is 2.88. The lowest BCUT2D eigenvalue weighted by Gasteiger charge is -2.32. The van der Waals surface area contributed by atoms with Crippen LogP contribution in [0.4, 0.5) is 4.79 Å². The first-order chi connectivity index (χ1) is 12.4. The Morgan fingerprint density at radius 2 is 1.69 bits per heavy atom. The number of methoxy groups -OCH3 is 2. The standard InChI is InChI=1S/C17H26N4O5/c1-20-6-8-21(9-7-20)5-4-19-16(22)15-13(24-2)10-12(26-17(18)23)11-14(15)25-3/h10-11H,4-9H2,1-3H3,(H2,18,23)(H,19,22). The Hall–Kier alpha value is -2.52. The first-order valence-electron chi connectivity index (χ1n) is 8.37. The predicted octanol–water partition coefficient (Wildman–Crippen LogP) is 0.139. The molecule has 26 heavy (non-hydrogen) atoms. The van der Waals surface area contributed by atoms with Crippen molar-refractivity contribution in [3.63, 3.8) is 0 Å². The lowest BCUT2D eigenvalue weighted by Crippen LogP contribution is -2.46. The van der Waals surface area contributed by atoms with Gasteiger partial charge in [-0.3, -0.25) is 9.69 Å². The molecule has 144 valence electrons. The Labute approximate surface area is 153 Å². The zero-order chi connectivity index (χ0) is 19.1. The highest BCUT2D eigenvalue weighted by atomic mass is 16.5. The highest BCUT2D eigenvalue weighted by Crippen LogP contribution is 2.34. The number of primary amides is 1. The van der Waals surface area contributed by atoms with Gasteiger partial charge in [-0.25, -0.2) is 4.79 Å². The second-order valence-electron chi connectivity index (χ2n) is 6.02. The first kappa shape index (κ1) is 19.8. The minimum Gasteiger partial charge on any atom is -0.496 e. The van der Waals surface area contributed by atoms with Gasteiger partial charge >= 0.3 is 6.09 Å². The minimum absolute atomic E-state index is 0.139. The van der Waals surface area contributed by atoms with E-state index in [0.29, 0.717) is 6.54 Å². The fourth-order valence-electron chi connectivity index (χ4n) is 2.77. The third-order valence-electron chi connectivity index (χ3n) is 4.23. The maximum Gasteiger partial charge on any atom is 0.409 e. The third kappa shape index (κ3) is 5.24. The van der Waals surface area contributed by atoms with Gasteiger partial charge < -0.3 is 30.2 Å². The molecule has 9 heteroatoms. The highest BCUT2D eigenvalue weighted by Gasteiger charge is 2.21. The van der Waals surface area contributed by atoms with Crippen LogP contribution in [0.1, 0.15) is 10.4 Å². The lowest BCUT2D eigenvalue weighted by atomic mass is 10.1. The van der Waals surface area contributed by atoms with Crippen LogP contribution in [-0.4, -0.2) is 82.3 Å². The van der Waals surface area contributed by atoms with Crippen LogP contribution in [0.5, 0.6) is 17.2 Å². The van der Waals surface area contributed by atoms with Crippen LogP contribution in [0.3, 0.4) is 0 Å². The van der Waals surface area contributed by atoms with Crippen molar-refractivity contribution in [1.29, 1.82) is 0 Å². The molecule has 1 aromatic rings. The van der Waals surface area contributed by atoms with Crippen molar-refractivity contribution in [2.75, 3.05) is 60.5 Å². The molecule has 3 N–H and O–H groups in total. The zero-order valence-electron chi connectivity index (χ0n) is 15.4. The molecule has 9 nitrogen and oxygen atoms in total. The van der Waals surface area contributed by atoms with Crippen molar-refractivity contribution in [2.24, 2.45) is 5.73 Å². The lowest BCUT2D eigenvalue weighted by molar-refractivity contribution is 0.0935. The number of piperazine rings is 1. The molecule has 0 saturated carbocycles. The monoisotopic (exact) mass is 366 g/mol. The molecule has 0 aromatic heterocycles. The van der Waals surface area contributed by atoms with Crippen LogP contribution >= 0.6 is 0 Å². The minimum atomic E-state index is -0.960. The number of nitrogens with two attached hydrogens (primary N) is 1. The number of rotatable bonds is 7. The first-order valence-corrected chi connectivity index (χ1v) is 8.37. The summed E-state index contributed by atoms with van der Waals surface area (Å²) in [6.45, 7) is 5.30. The van der Waals surface area contributed by atoms with Gasteiger partial charge in [0, 0.05) is 51.4 Å². The Balaban J connectivity index is 2.03. The van der Waals surface area contributed by atoms with Gasteiger partial charge in [0.15, 0.2) is 0 Å². The second kappa shape index (κ2) is 9.25. The third-order valence-corrected chi connectivity index (χ3v) is 4.23. The summed E-state index contributed by atoms with van der Waals surface area (Å²) in [5.41, 5.74) is 5.26. The number of hydrogen-bond donors (Lipinski definition) is 2. The molecule has 2 rings (SSSR count). The van der Waals surface area contributed by atoms with E-state index in [0.717, 1.165) is 32.7 Å². The van der Waals surface area contributed by atoms with Gasteiger partial charge in [-0.15, -0.1) is 0 Å². The van der Waals surface area contributed by atoms with Crippen molar-refractivity contribution in [3.8, 4) is 17.2 Å². The molecule has 0 aliphatic carbocycles. The highest BCUT2D eigenvalue weighted by molar-refractivity contribution is 6.00. The maximum atomic E-state index is 12.6. The molecular weight excluding hydrogens is 340 g/mol. The van der Waals surface area contributed by atoms with Crippen molar-refractivity contribution in [1.82, 2.24) is 15.1 Å². The summed E-state index contributed by atoms with van der Waals surface area (Å²) in [6.07, 6.45) is -0.960. The molecule has 0 unspecified atom stereocenters. The van der Waals surface area contributed by atoms with Gasteiger partial charge in [-0.1, -0.05) is 0 Å². The number of likely N-dealkylation sites (N-methyl/N-ethyl adjacent to an activating group) is 1. The van der Waals surface area contributed by atoms with Crippen molar-refractivity contribution in [2.45, 2.75) is 0 Å². The molecule has 1 aromatic carbocycles. The van der Waals surface area contributed by atoms with E-state index in [4.69, 9.17) is 19.9 Å². The second-order valence-corrected chi connectivity index (χ2v) is 6.02. The molecule has 1 saturated heterocycles. The largest absolute Gasteiger partial charge is 0.496 e. The van der Waals surface area contributed by atoms with Crippen LogP contribution in [0.2, 0.25) is 0 Å². The maximum absolute atomic E-state index is 12.6. The van der Waals surface area contributed by atoms with E-state index in [9.17, 15) is 9.59 Å². The van der Waals surface area contributed by atoms with E-state index >= 15 is 0 Å². The number of ether oxygens (including phenoxy) is 3. The topological polar surface area (TPSA) is 106 Å². The molecular formula is C17H26N4O5. The van der Waals surface area contributed by atoms with Crippen LogP contribution in [-0.2, 0) is 0 Å². The Morgan fingerprint density at radius 3 is 2.19 bits per heavy atom. The molecule has 0 radical (unpaired) electrons. The Bertz CT molecular complexity index is 619. The van der Waals surface area contributed by atoms with Crippen LogP contribution < -0.4 is 25.3 Å². The van der Waals surface area contributed by atoms with Crippen LogP contribution in [0.15, 0.2) is 12.1 Å². The Morgan fingerprint density at radius 1 is 1.12 bits per heavy atom. The average Bonchev–Trinajstić information content (AvgIpc) is 2.61. The molecule has 0 spiro atoms. The SMILES string of the molecule is COc1cc(OC(N)=O)cc(OC)c1C(=O)NCCN1CCN(C)CC1. The summed E-state index contributed by atoms with van der Waals surface area (Å²) in [4.78, 5) is 28.1. The van der Waals surface area contributed by atoms with Crippen molar-refractivity contribution < 1.29 is 23.8 Å². The number of carbonyl (C=O) groups excluding carboxylic acids is 2. The quantitative estimate of drug-likeness (QED) is 0.707. The van der Waals surface area contributed by atoms with Gasteiger partial charge in [0.1, 0.15) is 22.8 Å². The fraction of sp³-hybridized carbons (Fsp3) is 0.529. The Kier molecular flexibility index (Phi) is 7.05. The number of carbonyl (C=O) groups is 2. The summed E-state index contributed by atoms with van der Waals surface area (Å²) >= 11 is 0. The average molecular weight is 366 g/mol. The summed E-state index contributed by atoms with van der Waals surface area (Å²) < 4.78 is 15.3. The van der Waals surface area contributed by atoms with Gasteiger partial charge in [0.2, 0.25) is 0 Å². The van der Waals surface area contributed by atoms with Gasteiger partial charge in [-0.2, -0.15) is 0 Å². The normalized spacial score (nSPS) is 15.3. The number of benzene rings is 1. The predicted molar refractivity (Wildman–Crippen MR) is 96.0 cm³/mol. The molecule has 1 aliphatic heterocycles. The molecule has 1 fully saturated rings. The molecule has 2 amide bonds. The van der Waals surface area contributed by atoms with Crippen LogP contribution in [0, 0.1) is 0 Å². The van der Waals surface area contributed by atoms with E-state index in [1.807, 2.05) is 0 Å². The number of nitrogens with zero attached hydrogens (tertiary/aromatic N) is 2. The zero-order valence-corrected chi connectivity index (χ0v) is 15.4. The van der Waals surface area contributed by atoms with Gasteiger partial charge in [-0.05, 0) is 7.05 Å². The number of hydrogen-bond acceptors (Lipinski definition) is 7. The fourth-order valence-corrected chi connectivity index (χ4v) is 2.77. The van der Waals surface area contributed by atoms with Gasteiger partial charge in [0.25, 0.3) is 5.91 Å². The summed E-state index contributed by atoms with van der Waals surface area (Å²) in [7, 11) is 4.94. The number of nitrogens with one attached hydrogen (secondary N) is 1. The molecule has 1 aliphatic rings. The smallest absolute Gasteiger partial charge is 0.409 e. The summed E-state index contributed by atoms with van der Waals surface area (Å²) in [6, 6.07) is 2.84. The van der Waals surface area contributed by atoms with Gasteiger partial charge in [0.05, 0.1) is 14.2 Å². The van der Waals surface area contributed by atoms with Crippen LogP contribution in [0.25, 0.3) is 0 Å². The molecule has 1 heterocycles.